The maximum absolute atomic E-state index is 12.7. The number of nitrogens with one attached hydrogen (secondary N) is 1. The number of furan rings is 1. The van der Waals surface area contributed by atoms with Gasteiger partial charge in [0.15, 0.2) is 6.61 Å². The molecule has 0 fully saturated rings. The minimum atomic E-state index is -1.02. The molecule has 0 radical (unpaired) electrons. The lowest BCUT2D eigenvalue weighted by atomic mass is 10.1. The van der Waals surface area contributed by atoms with Crippen molar-refractivity contribution in [2.45, 2.75) is 13.5 Å². The normalized spacial score (nSPS) is 10.8. The molecule has 0 saturated heterocycles. The first-order valence-electron chi connectivity index (χ1n) is 9.91. The number of carbonyl (C=O) groups excluding carboxylic acids is 1. The Kier molecular flexibility index (Phi) is 6.14. The van der Waals surface area contributed by atoms with Crippen LogP contribution in [0.2, 0.25) is 5.02 Å². The first-order valence-corrected chi connectivity index (χ1v) is 10.3. The van der Waals surface area contributed by atoms with Crippen LogP contribution >= 0.6 is 11.6 Å². The Hall–Kier alpha value is -3.77. The molecule has 2 N–H and O–H groups in total. The Labute approximate surface area is 189 Å². The Morgan fingerprint density at radius 2 is 1.72 bits per heavy atom. The largest absolute Gasteiger partial charge is 0.482 e. The predicted octanol–water partition coefficient (Wildman–Crippen LogP) is 5.46. The van der Waals surface area contributed by atoms with Crippen molar-refractivity contribution in [2.75, 3.05) is 6.61 Å². The fourth-order valence-electron chi connectivity index (χ4n) is 3.36. The number of benzene rings is 3. The lowest BCUT2D eigenvalue weighted by Gasteiger charge is -2.08. The van der Waals surface area contributed by atoms with Crippen molar-refractivity contribution >= 4 is 34.2 Å². The number of fused-ring (bicyclic) bond motifs is 1. The summed E-state index contributed by atoms with van der Waals surface area (Å²) in [7, 11) is 0. The zero-order valence-electron chi connectivity index (χ0n) is 17.2. The SMILES string of the molecule is Cc1oc(-c2ccc(Cl)cc2)cc1C(=O)NCc1ccc2cc(OCC(=O)O)ccc2c1. The minimum absolute atomic E-state index is 0.219. The van der Waals surface area contributed by atoms with Gasteiger partial charge in [-0.15, -0.1) is 0 Å². The van der Waals surface area contributed by atoms with E-state index in [1.807, 2.05) is 36.4 Å². The zero-order valence-corrected chi connectivity index (χ0v) is 18.0. The molecular formula is C25H20ClNO5. The second kappa shape index (κ2) is 9.16. The number of hydrogen-bond donors (Lipinski definition) is 2. The van der Waals surface area contributed by atoms with Gasteiger partial charge in [-0.25, -0.2) is 4.79 Å². The number of rotatable bonds is 7. The van der Waals surface area contributed by atoms with E-state index < -0.39 is 5.97 Å². The average Bonchev–Trinajstić information content (AvgIpc) is 3.18. The van der Waals surface area contributed by atoms with Crippen LogP contribution in [0.5, 0.6) is 5.75 Å². The summed E-state index contributed by atoms with van der Waals surface area (Å²) in [5.74, 6) is 0.400. The van der Waals surface area contributed by atoms with Crippen molar-refractivity contribution in [1.29, 1.82) is 0 Å². The van der Waals surface area contributed by atoms with Crippen molar-refractivity contribution in [3.05, 3.63) is 88.6 Å². The van der Waals surface area contributed by atoms with E-state index in [-0.39, 0.29) is 12.5 Å². The number of carbonyl (C=O) groups is 2. The van der Waals surface area contributed by atoms with Crippen molar-refractivity contribution in [1.82, 2.24) is 5.32 Å². The highest BCUT2D eigenvalue weighted by molar-refractivity contribution is 6.30. The molecule has 0 saturated carbocycles. The molecule has 0 spiro atoms. The molecule has 0 unspecified atom stereocenters. The van der Waals surface area contributed by atoms with Crippen LogP contribution in [0.15, 0.2) is 71.1 Å². The predicted molar refractivity (Wildman–Crippen MR) is 122 cm³/mol. The molecule has 4 aromatic rings. The van der Waals surface area contributed by atoms with Crippen LogP contribution in [0, 0.1) is 6.92 Å². The first kappa shape index (κ1) is 21.5. The third kappa shape index (κ3) is 4.92. The number of halogens is 1. The minimum Gasteiger partial charge on any atom is -0.482 e. The van der Waals surface area contributed by atoms with Gasteiger partial charge >= 0.3 is 5.97 Å². The van der Waals surface area contributed by atoms with Gasteiger partial charge in [-0.2, -0.15) is 0 Å². The maximum atomic E-state index is 12.7. The van der Waals surface area contributed by atoms with Crippen LogP contribution < -0.4 is 10.1 Å². The van der Waals surface area contributed by atoms with E-state index in [2.05, 4.69) is 5.32 Å². The van der Waals surface area contributed by atoms with Crippen molar-refractivity contribution in [3.8, 4) is 17.1 Å². The number of carboxylic acid groups (broad SMARTS) is 1. The van der Waals surface area contributed by atoms with Gasteiger partial charge < -0.3 is 19.6 Å². The van der Waals surface area contributed by atoms with Crippen LogP contribution in [0.25, 0.3) is 22.1 Å². The number of ether oxygens (including phenoxy) is 1. The highest BCUT2D eigenvalue weighted by Crippen LogP contribution is 2.27. The molecule has 6 nitrogen and oxygen atoms in total. The summed E-state index contributed by atoms with van der Waals surface area (Å²) in [6, 6.07) is 20.1. The van der Waals surface area contributed by atoms with Crippen LogP contribution in [-0.4, -0.2) is 23.6 Å². The molecule has 32 heavy (non-hydrogen) atoms. The maximum Gasteiger partial charge on any atom is 0.341 e. The van der Waals surface area contributed by atoms with E-state index in [0.29, 0.717) is 34.4 Å². The third-order valence-electron chi connectivity index (χ3n) is 4.98. The van der Waals surface area contributed by atoms with E-state index >= 15 is 0 Å². The van der Waals surface area contributed by atoms with Crippen LogP contribution in [0.4, 0.5) is 0 Å². The second-order valence-corrected chi connectivity index (χ2v) is 7.73. The molecule has 162 valence electrons. The van der Waals surface area contributed by atoms with Gasteiger partial charge in [-0.3, -0.25) is 4.79 Å². The number of hydrogen-bond acceptors (Lipinski definition) is 4. The Morgan fingerprint density at radius 1 is 1.00 bits per heavy atom. The molecule has 0 atom stereocenters. The lowest BCUT2D eigenvalue weighted by molar-refractivity contribution is -0.139. The molecule has 4 rings (SSSR count). The molecule has 7 heteroatoms. The van der Waals surface area contributed by atoms with Crippen LogP contribution in [0.1, 0.15) is 21.7 Å². The molecule has 0 aliphatic carbocycles. The third-order valence-corrected chi connectivity index (χ3v) is 5.23. The molecule has 1 heterocycles. The highest BCUT2D eigenvalue weighted by Gasteiger charge is 2.16. The standard InChI is InChI=1S/C25H20ClNO5/c1-15-22(12-23(32-15)17-4-7-20(26)8-5-17)25(30)27-13-16-2-3-19-11-21(31-14-24(28)29)9-6-18(19)10-16/h2-12H,13-14H2,1H3,(H,27,30)(H,28,29). The summed E-state index contributed by atoms with van der Waals surface area (Å²) < 4.78 is 11.0. The van der Waals surface area contributed by atoms with Crippen LogP contribution in [-0.2, 0) is 11.3 Å². The summed E-state index contributed by atoms with van der Waals surface area (Å²) in [4.78, 5) is 23.4. The monoisotopic (exact) mass is 449 g/mol. The molecule has 0 aliphatic heterocycles. The van der Waals surface area contributed by atoms with Crippen molar-refractivity contribution in [3.63, 3.8) is 0 Å². The molecule has 1 aromatic heterocycles. The summed E-state index contributed by atoms with van der Waals surface area (Å²) >= 11 is 5.93. The van der Waals surface area contributed by atoms with Gasteiger partial charge in [-0.05, 0) is 71.8 Å². The number of aliphatic carboxylic acids is 1. The fraction of sp³-hybridized carbons (Fsp3) is 0.120. The topological polar surface area (TPSA) is 88.8 Å². The Balaban J connectivity index is 1.44. The van der Waals surface area contributed by atoms with Crippen molar-refractivity contribution in [2.24, 2.45) is 0 Å². The smallest absolute Gasteiger partial charge is 0.341 e. The van der Waals surface area contributed by atoms with E-state index in [0.717, 1.165) is 21.9 Å². The number of carboxylic acids is 1. The quantitative estimate of drug-likeness (QED) is 0.391. The van der Waals surface area contributed by atoms with E-state index in [4.69, 9.17) is 25.9 Å². The fourth-order valence-corrected chi connectivity index (χ4v) is 3.49. The lowest BCUT2D eigenvalue weighted by Crippen LogP contribution is -2.22. The van der Waals surface area contributed by atoms with E-state index in [1.54, 1.807) is 37.3 Å². The van der Waals surface area contributed by atoms with Gasteiger partial charge in [0.2, 0.25) is 0 Å². The number of aryl methyl sites for hydroxylation is 1. The molecule has 0 aliphatic rings. The van der Waals surface area contributed by atoms with Gasteiger partial charge in [0.1, 0.15) is 17.3 Å². The molecule has 0 bridgehead atoms. The Bertz CT molecular complexity index is 1290. The summed E-state index contributed by atoms with van der Waals surface area (Å²) in [6.45, 7) is 1.73. The highest BCUT2D eigenvalue weighted by atomic mass is 35.5. The van der Waals surface area contributed by atoms with E-state index in [1.165, 1.54) is 0 Å². The van der Waals surface area contributed by atoms with Gasteiger partial charge in [0.25, 0.3) is 5.91 Å². The second-order valence-electron chi connectivity index (χ2n) is 7.30. The Morgan fingerprint density at radius 3 is 2.47 bits per heavy atom. The molecule has 1 amide bonds. The van der Waals surface area contributed by atoms with Gasteiger partial charge in [-0.1, -0.05) is 29.8 Å². The van der Waals surface area contributed by atoms with Crippen molar-refractivity contribution < 1.29 is 23.8 Å². The van der Waals surface area contributed by atoms with Gasteiger partial charge in [0, 0.05) is 17.1 Å². The van der Waals surface area contributed by atoms with Gasteiger partial charge in [0.05, 0.1) is 5.56 Å². The summed E-state index contributed by atoms with van der Waals surface area (Å²) in [5.41, 5.74) is 2.26. The molecule has 3 aromatic carbocycles. The number of amides is 1. The van der Waals surface area contributed by atoms with E-state index in [9.17, 15) is 9.59 Å². The molecular weight excluding hydrogens is 430 g/mol. The summed E-state index contributed by atoms with van der Waals surface area (Å²) in [6.07, 6.45) is 0. The van der Waals surface area contributed by atoms with Crippen LogP contribution in [0.3, 0.4) is 0 Å². The zero-order chi connectivity index (χ0) is 22.7. The summed E-state index contributed by atoms with van der Waals surface area (Å²) in [5, 5.41) is 14.2. The first-order chi connectivity index (χ1) is 15.4. The average molecular weight is 450 g/mol.